The van der Waals surface area contributed by atoms with Crippen LogP contribution < -0.4 is 5.32 Å². The minimum absolute atomic E-state index is 0.283. The van der Waals surface area contributed by atoms with Gasteiger partial charge in [0, 0.05) is 10.2 Å². The van der Waals surface area contributed by atoms with Gasteiger partial charge in [-0.25, -0.2) is 0 Å². The maximum absolute atomic E-state index is 5.96. The highest BCUT2D eigenvalue weighted by molar-refractivity contribution is 9.10. The Morgan fingerprint density at radius 3 is 2.76 bits per heavy atom. The van der Waals surface area contributed by atoms with E-state index in [0.29, 0.717) is 10.9 Å². The van der Waals surface area contributed by atoms with Gasteiger partial charge in [-0.15, -0.1) is 16.7 Å². The smallest absolute Gasteiger partial charge is 0.320 e. The number of rotatable bonds is 3. The molecule has 1 unspecified atom stereocenters. The molecule has 1 aromatic carbocycles. The van der Waals surface area contributed by atoms with Crippen molar-refractivity contribution < 1.29 is 4.42 Å². The summed E-state index contributed by atoms with van der Waals surface area (Å²) in [7, 11) is 0. The number of halogens is 3. The maximum atomic E-state index is 5.96. The molecule has 17 heavy (non-hydrogen) atoms. The number of aromatic nitrogens is 2. The lowest BCUT2D eigenvalue weighted by Gasteiger charge is -2.02. The number of alkyl halides is 1. The fourth-order valence-corrected chi connectivity index (χ4v) is 1.66. The Labute approximate surface area is 116 Å². The number of anilines is 2. The van der Waals surface area contributed by atoms with Crippen molar-refractivity contribution in [3.63, 3.8) is 0 Å². The lowest BCUT2D eigenvalue weighted by molar-refractivity contribution is 0.510. The Bertz CT molecular complexity index is 530. The van der Waals surface area contributed by atoms with E-state index in [0.717, 1.165) is 10.2 Å². The minimum atomic E-state index is -0.313. The molecule has 2 rings (SSSR count). The van der Waals surface area contributed by atoms with Gasteiger partial charge in [-0.3, -0.25) is 0 Å². The number of hydrogen-bond acceptors (Lipinski definition) is 4. The summed E-state index contributed by atoms with van der Waals surface area (Å²) in [6, 6.07) is 5.70. The maximum Gasteiger partial charge on any atom is 0.320 e. The first kappa shape index (κ1) is 12.7. The summed E-state index contributed by atoms with van der Waals surface area (Å²) in [6.45, 7) is 1.76. The zero-order valence-electron chi connectivity index (χ0n) is 8.75. The highest BCUT2D eigenvalue weighted by Gasteiger charge is 2.11. The number of benzene rings is 1. The van der Waals surface area contributed by atoms with Crippen LogP contribution in [0.3, 0.4) is 0 Å². The van der Waals surface area contributed by atoms with Crippen molar-refractivity contribution in [3.05, 3.63) is 33.6 Å². The molecule has 2 aromatic rings. The fraction of sp³-hybridized carbons (Fsp3) is 0.200. The summed E-state index contributed by atoms with van der Waals surface area (Å²) >= 11 is 15.1. The van der Waals surface area contributed by atoms with E-state index in [1.165, 1.54) is 0 Å². The fourth-order valence-electron chi connectivity index (χ4n) is 1.14. The molecular weight excluding hydrogens is 329 g/mol. The van der Waals surface area contributed by atoms with Crippen molar-refractivity contribution >= 4 is 50.8 Å². The molecule has 0 spiro atoms. The first-order valence-corrected chi connectivity index (χ1v) is 6.36. The number of hydrogen-bond donors (Lipinski definition) is 1. The van der Waals surface area contributed by atoms with Gasteiger partial charge >= 0.3 is 6.01 Å². The molecular formula is C10H8BrCl2N3O. The van der Waals surface area contributed by atoms with Gasteiger partial charge in [0.15, 0.2) is 0 Å². The van der Waals surface area contributed by atoms with E-state index in [1.807, 2.05) is 12.1 Å². The molecule has 1 N–H and O–H groups in total. The van der Waals surface area contributed by atoms with Crippen LogP contribution in [0, 0.1) is 0 Å². The first-order valence-electron chi connectivity index (χ1n) is 4.76. The van der Waals surface area contributed by atoms with Crippen LogP contribution in [0.1, 0.15) is 18.2 Å². The summed E-state index contributed by atoms with van der Waals surface area (Å²) in [4.78, 5) is 0. The Kier molecular flexibility index (Phi) is 3.91. The standard InChI is InChI=1S/C10H8BrCl2N3O/c1-5(12)9-15-16-10(17-9)14-6-2-3-7(11)8(13)4-6/h2-5H,1H3,(H,14,16). The number of nitrogens with zero attached hydrogens (tertiary/aromatic N) is 2. The predicted octanol–water partition coefficient (Wildman–Crippen LogP) is 4.53. The second kappa shape index (κ2) is 5.25. The lowest BCUT2D eigenvalue weighted by Crippen LogP contribution is -1.90. The Hall–Kier alpha value is -0.780. The van der Waals surface area contributed by atoms with Gasteiger partial charge in [0.25, 0.3) is 0 Å². The van der Waals surface area contributed by atoms with Crippen molar-refractivity contribution in [1.82, 2.24) is 10.2 Å². The molecule has 1 atom stereocenters. The molecule has 0 amide bonds. The van der Waals surface area contributed by atoms with E-state index < -0.39 is 0 Å². The van der Waals surface area contributed by atoms with Crippen LogP contribution in [0.2, 0.25) is 5.02 Å². The molecule has 0 saturated carbocycles. The number of nitrogens with one attached hydrogen (secondary N) is 1. The molecule has 0 bridgehead atoms. The minimum Gasteiger partial charge on any atom is -0.406 e. The summed E-state index contributed by atoms with van der Waals surface area (Å²) in [5, 5.41) is 10.8. The van der Waals surface area contributed by atoms with Gasteiger partial charge in [-0.1, -0.05) is 16.7 Å². The van der Waals surface area contributed by atoms with Gasteiger partial charge in [-0.2, -0.15) is 0 Å². The zero-order valence-corrected chi connectivity index (χ0v) is 11.8. The van der Waals surface area contributed by atoms with Crippen molar-refractivity contribution in [3.8, 4) is 0 Å². The lowest BCUT2D eigenvalue weighted by atomic mass is 10.3. The average Bonchev–Trinajstić information content (AvgIpc) is 2.72. The predicted molar refractivity (Wildman–Crippen MR) is 71.0 cm³/mol. The summed E-state index contributed by atoms with van der Waals surface area (Å²) in [6.07, 6.45) is 0. The molecule has 90 valence electrons. The molecule has 0 aliphatic carbocycles. The average molecular weight is 337 g/mol. The normalized spacial score (nSPS) is 12.5. The molecule has 0 saturated heterocycles. The molecule has 1 heterocycles. The topological polar surface area (TPSA) is 51.0 Å². The van der Waals surface area contributed by atoms with Gasteiger partial charge < -0.3 is 9.73 Å². The van der Waals surface area contributed by atoms with E-state index in [-0.39, 0.29) is 11.4 Å². The Balaban J connectivity index is 2.16. The zero-order chi connectivity index (χ0) is 12.4. The summed E-state index contributed by atoms with van der Waals surface area (Å²) in [5.74, 6) is 0.373. The van der Waals surface area contributed by atoms with Crippen molar-refractivity contribution in [2.24, 2.45) is 0 Å². The molecule has 4 nitrogen and oxygen atoms in total. The quantitative estimate of drug-likeness (QED) is 0.836. The third-order valence-electron chi connectivity index (χ3n) is 1.95. The Morgan fingerprint density at radius 1 is 1.41 bits per heavy atom. The third kappa shape index (κ3) is 3.12. The van der Waals surface area contributed by atoms with Crippen molar-refractivity contribution in [2.75, 3.05) is 5.32 Å². The van der Waals surface area contributed by atoms with Crippen LogP contribution in [-0.2, 0) is 0 Å². The van der Waals surface area contributed by atoms with Crippen LogP contribution >= 0.6 is 39.1 Å². The van der Waals surface area contributed by atoms with Crippen LogP contribution in [0.5, 0.6) is 0 Å². The van der Waals surface area contributed by atoms with E-state index in [9.17, 15) is 0 Å². The van der Waals surface area contributed by atoms with Crippen LogP contribution in [0.15, 0.2) is 27.1 Å². The molecule has 7 heteroatoms. The highest BCUT2D eigenvalue weighted by atomic mass is 79.9. The van der Waals surface area contributed by atoms with E-state index in [2.05, 4.69) is 31.4 Å². The second-order valence-electron chi connectivity index (χ2n) is 3.32. The highest BCUT2D eigenvalue weighted by Crippen LogP contribution is 2.27. The summed E-state index contributed by atoms with van der Waals surface area (Å²) < 4.78 is 6.12. The summed E-state index contributed by atoms with van der Waals surface area (Å²) in [5.41, 5.74) is 0.760. The SMILES string of the molecule is CC(Cl)c1nnc(Nc2ccc(Br)c(Cl)c2)o1. The molecule has 0 radical (unpaired) electrons. The molecule has 0 aliphatic rings. The van der Waals surface area contributed by atoms with Gasteiger partial charge in [0.1, 0.15) is 5.38 Å². The second-order valence-corrected chi connectivity index (χ2v) is 5.23. The van der Waals surface area contributed by atoms with Crippen molar-refractivity contribution in [2.45, 2.75) is 12.3 Å². The van der Waals surface area contributed by atoms with E-state index in [1.54, 1.807) is 13.0 Å². The third-order valence-corrected chi connectivity index (χ3v) is 3.37. The van der Waals surface area contributed by atoms with Gasteiger partial charge in [0.05, 0.1) is 5.02 Å². The van der Waals surface area contributed by atoms with E-state index >= 15 is 0 Å². The Morgan fingerprint density at radius 2 is 2.18 bits per heavy atom. The molecule has 0 fully saturated rings. The van der Waals surface area contributed by atoms with Crippen LogP contribution in [0.25, 0.3) is 0 Å². The largest absolute Gasteiger partial charge is 0.406 e. The van der Waals surface area contributed by atoms with Crippen molar-refractivity contribution in [1.29, 1.82) is 0 Å². The molecule has 0 aliphatic heterocycles. The first-order chi connectivity index (χ1) is 8.06. The van der Waals surface area contributed by atoms with Crippen LogP contribution in [-0.4, -0.2) is 10.2 Å². The molecule has 1 aromatic heterocycles. The van der Waals surface area contributed by atoms with Crippen LogP contribution in [0.4, 0.5) is 11.7 Å². The van der Waals surface area contributed by atoms with Gasteiger partial charge in [0.2, 0.25) is 5.89 Å². The monoisotopic (exact) mass is 335 g/mol. The van der Waals surface area contributed by atoms with E-state index in [4.69, 9.17) is 27.6 Å². The van der Waals surface area contributed by atoms with Gasteiger partial charge in [-0.05, 0) is 41.1 Å².